The Balaban J connectivity index is 2.53. The minimum atomic E-state index is 0.183. The van der Waals surface area contributed by atoms with Crippen molar-refractivity contribution in [1.82, 2.24) is 0 Å². The van der Waals surface area contributed by atoms with Gasteiger partial charge in [-0.05, 0) is 41.9 Å². The maximum absolute atomic E-state index is 6.43. The normalized spacial score (nSPS) is 15.6. The molecule has 0 spiro atoms. The van der Waals surface area contributed by atoms with E-state index in [0.717, 1.165) is 17.9 Å². The van der Waals surface area contributed by atoms with Gasteiger partial charge in [-0.3, -0.25) is 0 Å². The Morgan fingerprint density at radius 3 is 2.41 bits per heavy atom. The summed E-state index contributed by atoms with van der Waals surface area (Å²) in [4.78, 5) is 0. The van der Waals surface area contributed by atoms with Gasteiger partial charge in [0, 0.05) is 10.4 Å². The second kappa shape index (κ2) is 6.11. The molecule has 0 aromatic heterocycles. The molecule has 0 radical (unpaired) electrons. The third kappa shape index (κ3) is 5.31. The van der Waals surface area contributed by atoms with E-state index in [1.165, 1.54) is 5.56 Å². The third-order valence-corrected chi connectivity index (χ3v) is 4.00. The van der Waals surface area contributed by atoms with Crippen LogP contribution in [-0.2, 0) is 6.42 Å². The topological polar surface area (TPSA) is 0 Å². The van der Waals surface area contributed by atoms with Gasteiger partial charge in [-0.15, -0.1) is 11.6 Å². The van der Waals surface area contributed by atoms with Gasteiger partial charge >= 0.3 is 0 Å². The van der Waals surface area contributed by atoms with E-state index in [0.29, 0.717) is 11.3 Å². The first kappa shape index (κ1) is 14.9. The molecule has 17 heavy (non-hydrogen) atoms. The van der Waals surface area contributed by atoms with Crippen LogP contribution in [-0.4, -0.2) is 5.38 Å². The van der Waals surface area contributed by atoms with Crippen LogP contribution in [0.15, 0.2) is 24.3 Å². The molecule has 0 saturated heterocycles. The van der Waals surface area contributed by atoms with Crippen LogP contribution in [0.5, 0.6) is 0 Å². The molecule has 0 bridgehead atoms. The van der Waals surface area contributed by atoms with Crippen molar-refractivity contribution in [3.8, 4) is 0 Å². The molecule has 2 atom stereocenters. The maximum Gasteiger partial charge on any atom is 0.0408 e. The molecule has 0 aliphatic carbocycles. The zero-order valence-corrected chi connectivity index (χ0v) is 12.6. The molecule has 0 fully saturated rings. The van der Waals surface area contributed by atoms with Gasteiger partial charge in [0.1, 0.15) is 0 Å². The first-order valence-corrected chi connectivity index (χ1v) is 6.99. The summed E-state index contributed by atoms with van der Waals surface area (Å²) in [5, 5.41) is 0.970. The van der Waals surface area contributed by atoms with Crippen LogP contribution in [0.2, 0.25) is 5.02 Å². The lowest BCUT2D eigenvalue weighted by Crippen LogP contribution is -2.21. The molecule has 96 valence electrons. The quantitative estimate of drug-likeness (QED) is 0.630. The second-order valence-corrected chi connectivity index (χ2v) is 6.99. The Morgan fingerprint density at radius 2 is 1.88 bits per heavy atom. The summed E-state index contributed by atoms with van der Waals surface area (Å²) in [5.74, 6) is 0.615. The molecule has 0 aliphatic heterocycles. The number of rotatable bonds is 4. The molecule has 0 aliphatic rings. The molecule has 0 N–H and O–H groups in total. The van der Waals surface area contributed by atoms with Gasteiger partial charge in [0.15, 0.2) is 0 Å². The fraction of sp³-hybridized carbons (Fsp3) is 0.600. The number of benzene rings is 1. The molecule has 1 rings (SSSR count). The number of hydrogen-bond donors (Lipinski definition) is 0. The summed E-state index contributed by atoms with van der Waals surface area (Å²) in [6.07, 6.45) is 1.93. The average molecular weight is 273 g/mol. The fourth-order valence-corrected chi connectivity index (χ4v) is 2.40. The molecule has 2 unspecified atom stereocenters. The van der Waals surface area contributed by atoms with Crippen LogP contribution in [0.4, 0.5) is 0 Å². The zero-order valence-electron chi connectivity index (χ0n) is 11.1. The van der Waals surface area contributed by atoms with E-state index in [4.69, 9.17) is 23.2 Å². The molecule has 1 aromatic carbocycles. The molecule has 1 aromatic rings. The standard InChI is InChI=1S/C15H22Cl2/c1-11(15(2,3)4)8-14(17)10-12-6-5-7-13(16)9-12/h5-7,9,11,14H,8,10H2,1-4H3. The summed E-state index contributed by atoms with van der Waals surface area (Å²) in [7, 11) is 0. The zero-order chi connectivity index (χ0) is 13.1. The predicted molar refractivity (Wildman–Crippen MR) is 78.0 cm³/mol. The van der Waals surface area contributed by atoms with Crippen molar-refractivity contribution < 1.29 is 0 Å². The lowest BCUT2D eigenvalue weighted by atomic mass is 9.79. The van der Waals surface area contributed by atoms with Crippen molar-refractivity contribution in [2.24, 2.45) is 11.3 Å². The molecule has 0 amide bonds. The molecular formula is C15H22Cl2. The van der Waals surface area contributed by atoms with Gasteiger partial charge in [0.25, 0.3) is 0 Å². The van der Waals surface area contributed by atoms with E-state index < -0.39 is 0 Å². The highest BCUT2D eigenvalue weighted by Crippen LogP contribution is 2.31. The van der Waals surface area contributed by atoms with Crippen molar-refractivity contribution in [2.45, 2.75) is 45.9 Å². The van der Waals surface area contributed by atoms with Crippen molar-refractivity contribution in [1.29, 1.82) is 0 Å². The minimum absolute atomic E-state index is 0.183. The number of alkyl halides is 1. The minimum Gasteiger partial charge on any atom is -0.123 e. The van der Waals surface area contributed by atoms with E-state index in [-0.39, 0.29) is 5.38 Å². The van der Waals surface area contributed by atoms with Gasteiger partial charge in [-0.1, -0.05) is 51.4 Å². The smallest absolute Gasteiger partial charge is 0.0408 e. The second-order valence-electron chi connectivity index (χ2n) is 5.93. The number of hydrogen-bond acceptors (Lipinski definition) is 0. The summed E-state index contributed by atoms with van der Waals surface area (Å²) in [6, 6.07) is 7.96. The van der Waals surface area contributed by atoms with Crippen LogP contribution >= 0.6 is 23.2 Å². The van der Waals surface area contributed by atoms with E-state index in [2.05, 4.69) is 33.8 Å². The van der Waals surface area contributed by atoms with E-state index >= 15 is 0 Å². The molecule has 0 heterocycles. The van der Waals surface area contributed by atoms with Gasteiger partial charge in [-0.2, -0.15) is 0 Å². The Kier molecular flexibility index (Phi) is 5.34. The monoisotopic (exact) mass is 272 g/mol. The molecular weight excluding hydrogens is 251 g/mol. The summed E-state index contributed by atoms with van der Waals surface area (Å²) < 4.78 is 0. The summed E-state index contributed by atoms with van der Waals surface area (Å²) >= 11 is 12.4. The van der Waals surface area contributed by atoms with E-state index in [1.54, 1.807) is 0 Å². The third-order valence-electron chi connectivity index (χ3n) is 3.43. The Hall–Kier alpha value is -0.200. The highest BCUT2D eigenvalue weighted by Gasteiger charge is 2.22. The van der Waals surface area contributed by atoms with Crippen molar-refractivity contribution in [3.05, 3.63) is 34.9 Å². The molecule has 2 heteroatoms. The highest BCUT2D eigenvalue weighted by molar-refractivity contribution is 6.30. The number of halogens is 2. The van der Waals surface area contributed by atoms with Gasteiger partial charge in [-0.25, -0.2) is 0 Å². The predicted octanol–water partition coefficient (Wildman–Crippen LogP) is 5.56. The van der Waals surface area contributed by atoms with Crippen LogP contribution in [0.3, 0.4) is 0 Å². The van der Waals surface area contributed by atoms with Crippen LogP contribution in [0, 0.1) is 11.3 Å². The maximum atomic E-state index is 6.43. The Bertz CT molecular complexity index is 352. The SMILES string of the molecule is CC(CC(Cl)Cc1cccc(Cl)c1)C(C)(C)C. The summed E-state index contributed by atoms with van der Waals surface area (Å²) in [6.45, 7) is 9.06. The van der Waals surface area contributed by atoms with E-state index in [9.17, 15) is 0 Å². The van der Waals surface area contributed by atoms with Crippen molar-refractivity contribution in [3.63, 3.8) is 0 Å². The van der Waals surface area contributed by atoms with Gasteiger partial charge in [0.05, 0.1) is 0 Å². The van der Waals surface area contributed by atoms with Crippen molar-refractivity contribution >= 4 is 23.2 Å². The highest BCUT2D eigenvalue weighted by atomic mass is 35.5. The van der Waals surface area contributed by atoms with Crippen LogP contribution < -0.4 is 0 Å². The largest absolute Gasteiger partial charge is 0.123 e. The van der Waals surface area contributed by atoms with E-state index in [1.807, 2.05) is 18.2 Å². The Labute approximate surface area is 115 Å². The van der Waals surface area contributed by atoms with Crippen LogP contribution in [0.1, 0.15) is 39.7 Å². The fourth-order valence-electron chi connectivity index (χ4n) is 1.74. The lowest BCUT2D eigenvalue weighted by molar-refractivity contribution is 0.244. The lowest BCUT2D eigenvalue weighted by Gasteiger charge is -2.29. The Morgan fingerprint density at radius 1 is 1.24 bits per heavy atom. The molecule has 0 saturated carbocycles. The molecule has 0 nitrogen and oxygen atoms in total. The van der Waals surface area contributed by atoms with Crippen molar-refractivity contribution in [2.75, 3.05) is 0 Å². The van der Waals surface area contributed by atoms with Gasteiger partial charge in [0.2, 0.25) is 0 Å². The van der Waals surface area contributed by atoms with Crippen LogP contribution in [0.25, 0.3) is 0 Å². The summed E-state index contributed by atoms with van der Waals surface area (Å²) in [5.41, 5.74) is 1.54. The first-order valence-electron chi connectivity index (χ1n) is 6.17. The average Bonchev–Trinajstić information content (AvgIpc) is 2.15. The first-order chi connectivity index (χ1) is 7.79. The van der Waals surface area contributed by atoms with Gasteiger partial charge < -0.3 is 0 Å².